The number of nitrogens with one attached hydrogen (secondary N) is 2. The number of aryl methyl sites for hydroxylation is 2. The second-order valence-electron chi connectivity index (χ2n) is 6.43. The third-order valence-electron chi connectivity index (χ3n) is 4.35. The van der Waals surface area contributed by atoms with E-state index in [1.165, 1.54) is 0 Å². The van der Waals surface area contributed by atoms with Gasteiger partial charge in [0.1, 0.15) is 11.6 Å². The van der Waals surface area contributed by atoms with Gasteiger partial charge in [-0.1, -0.05) is 56.1 Å². The average Bonchev–Trinajstić information content (AvgIpc) is 3.36. The summed E-state index contributed by atoms with van der Waals surface area (Å²) in [7, 11) is 0. The lowest BCUT2D eigenvalue weighted by molar-refractivity contribution is 0.690. The van der Waals surface area contributed by atoms with Gasteiger partial charge in [-0.25, -0.2) is 9.97 Å². The van der Waals surface area contributed by atoms with Crippen LogP contribution in [0.4, 0.5) is 0 Å². The molecule has 2 aromatic heterocycles. The van der Waals surface area contributed by atoms with Gasteiger partial charge in [-0.3, -0.25) is 10.2 Å². The molecule has 4 rings (SSSR count). The van der Waals surface area contributed by atoms with Gasteiger partial charge in [0.25, 0.3) is 0 Å². The molecule has 0 atom stereocenters. The molecule has 0 unspecified atom stereocenters. The highest BCUT2D eigenvalue weighted by atomic mass is 79.9. The van der Waals surface area contributed by atoms with Crippen molar-refractivity contribution in [1.82, 2.24) is 30.4 Å². The zero-order chi connectivity index (χ0) is 19.3. The fourth-order valence-corrected chi connectivity index (χ4v) is 3.38. The molecule has 6 nitrogen and oxygen atoms in total. The number of H-pyrrole nitrogens is 2. The Kier molecular flexibility index (Phi) is 5.97. The van der Waals surface area contributed by atoms with E-state index in [0.717, 1.165) is 69.1 Å². The summed E-state index contributed by atoms with van der Waals surface area (Å²) in [6.07, 6.45) is 3.72. The Morgan fingerprint density at radius 1 is 0.607 bits per heavy atom. The monoisotopic (exact) mass is 500 g/mol. The van der Waals surface area contributed by atoms with Gasteiger partial charge in [0.2, 0.25) is 0 Å². The summed E-state index contributed by atoms with van der Waals surface area (Å²) in [4.78, 5) is 9.17. The van der Waals surface area contributed by atoms with E-state index < -0.39 is 0 Å². The highest BCUT2D eigenvalue weighted by molar-refractivity contribution is 9.10. The topological polar surface area (TPSA) is 83.1 Å². The van der Waals surface area contributed by atoms with E-state index in [4.69, 9.17) is 0 Å². The molecule has 8 heteroatoms. The van der Waals surface area contributed by atoms with Crippen LogP contribution in [0.3, 0.4) is 0 Å². The zero-order valence-electron chi connectivity index (χ0n) is 15.0. The Balaban J connectivity index is 1.27. The molecule has 0 aliphatic rings. The van der Waals surface area contributed by atoms with Gasteiger partial charge in [-0.05, 0) is 37.1 Å². The summed E-state index contributed by atoms with van der Waals surface area (Å²) in [5.74, 6) is 3.28. The number of halogens is 2. The molecular formula is C20H18Br2N6. The number of aromatic nitrogens is 6. The predicted molar refractivity (Wildman–Crippen MR) is 116 cm³/mol. The number of aromatic amines is 2. The van der Waals surface area contributed by atoms with E-state index in [1.54, 1.807) is 0 Å². The van der Waals surface area contributed by atoms with Crippen molar-refractivity contribution in [1.29, 1.82) is 0 Å². The highest BCUT2D eigenvalue weighted by Gasteiger charge is 2.08. The van der Waals surface area contributed by atoms with Crippen molar-refractivity contribution in [3.8, 4) is 22.8 Å². The van der Waals surface area contributed by atoms with Crippen LogP contribution in [0.1, 0.15) is 24.5 Å². The summed E-state index contributed by atoms with van der Waals surface area (Å²) in [5, 5.41) is 14.7. The zero-order valence-corrected chi connectivity index (χ0v) is 18.2. The third-order valence-corrected chi connectivity index (χ3v) is 5.40. The average molecular weight is 502 g/mol. The molecule has 0 aliphatic carbocycles. The summed E-state index contributed by atoms with van der Waals surface area (Å²) >= 11 is 6.88. The van der Waals surface area contributed by atoms with Crippen molar-refractivity contribution in [2.24, 2.45) is 0 Å². The summed E-state index contributed by atoms with van der Waals surface area (Å²) in [5.41, 5.74) is 2.01. The minimum Gasteiger partial charge on any atom is -0.263 e. The van der Waals surface area contributed by atoms with Gasteiger partial charge in [0.15, 0.2) is 11.6 Å². The SMILES string of the molecule is Brc1ccc(-c2n[nH]c(CCCCc3nc(-c4ccc(Br)cc4)n[nH]3)n2)cc1. The van der Waals surface area contributed by atoms with Crippen LogP contribution in [0, 0.1) is 0 Å². The van der Waals surface area contributed by atoms with Crippen molar-refractivity contribution >= 4 is 31.9 Å². The van der Waals surface area contributed by atoms with Crippen LogP contribution in [0.15, 0.2) is 57.5 Å². The largest absolute Gasteiger partial charge is 0.263 e. The van der Waals surface area contributed by atoms with E-state index in [0.29, 0.717) is 0 Å². The first-order valence-electron chi connectivity index (χ1n) is 9.02. The number of unbranched alkanes of at least 4 members (excludes halogenated alkanes) is 1. The lowest BCUT2D eigenvalue weighted by Crippen LogP contribution is -1.93. The van der Waals surface area contributed by atoms with E-state index in [1.807, 2.05) is 48.5 Å². The molecule has 0 amide bonds. The Bertz CT molecular complexity index is 952. The van der Waals surface area contributed by atoms with Gasteiger partial charge in [-0.2, -0.15) is 10.2 Å². The van der Waals surface area contributed by atoms with E-state index in [9.17, 15) is 0 Å². The number of nitrogens with zero attached hydrogens (tertiary/aromatic N) is 4. The van der Waals surface area contributed by atoms with Crippen LogP contribution in [0.2, 0.25) is 0 Å². The first kappa shape index (κ1) is 19.0. The number of benzene rings is 2. The molecule has 0 radical (unpaired) electrons. The maximum absolute atomic E-state index is 4.58. The molecule has 0 spiro atoms. The molecule has 0 aliphatic heterocycles. The molecule has 2 aromatic carbocycles. The molecule has 0 saturated carbocycles. The lowest BCUT2D eigenvalue weighted by Gasteiger charge is -1.97. The van der Waals surface area contributed by atoms with Crippen LogP contribution in [-0.2, 0) is 12.8 Å². The van der Waals surface area contributed by atoms with Crippen molar-refractivity contribution in [3.63, 3.8) is 0 Å². The number of hydrogen-bond donors (Lipinski definition) is 2. The standard InChI is InChI=1S/C20H18Br2N6/c21-15-9-5-13(6-10-15)19-23-17(25-27-19)3-1-2-4-18-24-20(28-26-18)14-7-11-16(22)12-8-14/h5-12H,1-4H2,(H,23,25,27)(H,24,26,28). The highest BCUT2D eigenvalue weighted by Crippen LogP contribution is 2.20. The summed E-state index contributed by atoms with van der Waals surface area (Å²) < 4.78 is 2.09. The normalized spacial score (nSPS) is 11.1. The fourth-order valence-electron chi connectivity index (χ4n) is 2.86. The summed E-state index contributed by atoms with van der Waals surface area (Å²) in [6.45, 7) is 0. The van der Waals surface area contributed by atoms with Crippen molar-refractivity contribution in [2.45, 2.75) is 25.7 Å². The quantitative estimate of drug-likeness (QED) is 0.334. The Labute approximate surface area is 179 Å². The lowest BCUT2D eigenvalue weighted by atomic mass is 10.2. The molecule has 0 saturated heterocycles. The molecule has 0 bridgehead atoms. The maximum Gasteiger partial charge on any atom is 0.181 e. The minimum absolute atomic E-state index is 0.733. The first-order chi connectivity index (χ1) is 13.7. The van der Waals surface area contributed by atoms with Gasteiger partial charge in [0, 0.05) is 32.9 Å². The van der Waals surface area contributed by atoms with Crippen LogP contribution >= 0.6 is 31.9 Å². The Hall–Kier alpha value is -2.32. The molecule has 2 N–H and O–H groups in total. The Morgan fingerprint density at radius 3 is 1.39 bits per heavy atom. The van der Waals surface area contributed by atoms with Crippen molar-refractivity contribution in [3.05, 3.63) is 69.1 Å². The fraction of sp³-hybridized carbons (Fsp3) is 0.200. The van der Waals surface area contributed by atoms with Crippen LogP contribution in [-0.4, -0.2) is 30.4 Å². The van der Waals surface area contributed by atoms with E-state index in [-0.39, 0.29) is 0 Å². The van der Waals surface area contributed by atoms with Crippen LogP contribution < -0.4 is 0 Å². The number of hydrogen-bond acceptors (Lipinski definition) is 4. The molecular weight excluding hydrogens is 484 g/mol. The Morgan fingerprint density at radius 2 is 1.00 bits per heavy atom. The van der Waals surface area contributed by atoms with Crippen molar-refractivity contribution < 1.29 is 0 Å². The van der Waals surface area contributed by atoms with Gasteiger partial charge >= 0.3 is 0 Å². The van der Waals surface area contributed by atoms with Gasteiger partial charge in [0.05, 0.1) is 0 Å². The third kappa shape index (κ3) is 4.74. The molecule has 4 aromatic rings. The van der Waals surface area contributed by atoms with Crippen LogP contribution in [0.25, 0.3) is 22.8 Å². The summed E-state index contributed by atoms with van der Waals surface area (Å²) in [6, 6.07) is 16.0. The minimum atomic E-state index is 0.733. The van der Waals surface area contributed by atoms with Crippen LogP contribution in [0.5, 0.6) is 0 Å². The molecule has 2 heterocycles. The molecule has 142 valence electrons. The van der Waals surface area contributed by atoms with Gasteiger partial charge in [-0.15, -0.1) is 0 Å². The van der Waals surface area contributed by atoms with E-state index in [2.05, 4.69) is 62.2 Å². The smallest absolute Gasteiger partial charge is 0.181 e. The maximum atomic E-state index is 4.58. The van der Waals surface area contributed by atoms with Crippen molar-refractivity contribution in [2.75, 3.05) is 0 Å². The molecule has 28 heavy (non-hydrogen) atoms. The predicted octanol–water partition coefficient (Wildman–Crippen LogP) is 5.35. The second-order valence-corrected chi connectivity index (χ2v) is 8.26. The van der Waals surface area contributed by atoms with E-state index >= 15 is 0 Å². The molecule has 0 fully saturated rings. The number of rotatable bonds is 7. The van der Waals surface area contributed by atoms with Gasteiger partial charge < -0.3 is 0 Å². The second kappa shape index (κ2) is 8.79. The first-order valence-corrected chi connectivity index (χ1v) is 10.6.